The minimum atomic E-state index is -0.309. The molecular formula is C25H32O3. The van der Waals surface area contributed by atoms with E-state index in [1.165, 1.54) is 31.3 Å². The fourth-order valence-corrected chi connectivity index (χ4v) is 9.16. The van der Waals surface area contributed by atoms with Gasteiger partial charge in [-0.3, -0.25) is 4.79 Å². The normalized spacial score (nSPS) is 53.2. The van der Waals surface area contributed by atoms with Crippen LogP contribution in [-0.4, -0.2) is 17.4 Å². The first kappa shape index (κ1) is 17.5. The SMILES string of the molecule is CC[C@@H]1CC2=CC(=O)CC[C@@H]2C2CC[C@@]3(CC)C(C21)[C@H]1C[C@H]1[C@@]31C=CC(=O)O1. The van der Waals surface area contributed by atoms with Crippen molar-refractivity contribution in [3.63, 3.8) is 0 Å². The molecule has 0 aromatic carbocycles. The second kappa shape index (κ2) is 5.61. The van der Waals surface area contributed by atoms with Gasteiger partial charge in [0.15, 0.2) is 5.78 Å². The van der Waals surface area contributed by atoms with Gasteiger partial charge in [0.1, 0.15) is 5.60 Å². The Morgan fingerprint density at radius 2 is 2.04 bits per heavy atom. The smallest absolute Gasteiger partial charge is 0.331 e. The fourth-order valence-electron chi connectivity index (χ4n) is 9.16. The third kappa shape index (κ3) is 1.92. The van der Waals surface area contributed by atoms with E-state index < -0.39 is 0 Å². The highest BCUT2D eigenvalue weighted by atomic mass is 16.6. The van der Waals surface area contributed by atoms with E-state index in [0.717, 1.165) is 43.4 Å². The molecule has 0 saturated heterocycles. The number of ether oxygens (including phenoxy) is 1. The van der Waals surface area contributed by atoms with Gasteiger partial charge in [0.25, 0.3) is 0 Å². The molecular weight excluding hydrogens is 348 g/mol. The van der Waals surface area contributed by atoms with Gasteiger partial charge in [0.05, 0.1) is 0 Å². The van der Waals surface area contributed by atoms with Gasteiger partial charge >= 0.3 is 5.97 Å². The highest BCUT2D eigenvalue weighted by molar-refractivity contribution is 5.91. The topological polar surface area (TPSA) is 43.4 Å². The van der Waals surface area contributed by atoms with E-state index in [4.69, 9.17) is 4.74 Å². The zero-order valence-corrected chi connectivity index (χ0v) is 17.2. The van der Waals surface area contributed by atoms with Crippen molar-refractivity contribution in [3.05, 3.63) is 23.8 Å². The molecule has 0 aromatic rings. The third-order valence-corrected chi connectivity index (χ3v) is 10.1. The van der Waals surface area contributed by atoms with Gasteiger partial charge in [-0.25, -0.2) is 4.79 Å². The lowest BCUT2D eigenvalue weighted by Crippen LogP contribution is -2.57. The molecule has 3 unspecified atom stereocenters. The second-order valence-electron chi connectivity index (χ2n) is 10.6. The summed E-state index contributed by atoms with van der Waals surface area (Å²) in [5, 5.41) is 0. The van der Waals surface area contributed by atoms with E-state index in [1.54, 1.807) is 6.08 Å². The Balaban J connectivity index is 1.44. The Hall–Kier alpha value is -1.38. The molecule has 0 radical (unpaired) electrons. The first-order valence-corrected chi connectivity index (χ1v) is 11.7. The maximum Gasteiger partial charge on any atom is 0.331 e. The van der Waals surface area contributed by atoms with Gasteiger partial charge in [-0.1, -0.05) is 25.8 Å². The zero-order chi connectivity index (χ0) is 19.3. The summed E-state index contributed by atoms with van der Waals surface area (Å²) in [6.45, 7) is 4.69. The summed E-state index contributed by atoms with van der Waals surface area (Å²) in [5.41, 5.74) is 1.31. The molecule has 1 spiro atoms. The monoisotopic (exact) mass is 380 g/mol. The van der Waals surface area contributed by atoms with Crippen molar-refractivity contribution < 1.29 is 14.3 Å². The number of carbonyl (C=O) groups excluding carboxylic acids is 2. The van der Waals surface area contributed by atoms with Crippen molar-refractivity contribution in [2.75, 3.05) is 0 Å². The lowest BCUT2D eigenvalue weighted by atomic mass is 9.45. The van der Waals surface area contributed by atoms with Crippen LogP contribution in [0.3, 0.4) is 0 Å². The van der Waals surface area contributed by atoms with E-state index in [-0.39, 0.29) is 17.0 Å². The van der Waals surface area contributed by atoms with Gasteiger partial charge in [-0.2, -0.15) is 0 Å². The van der Waals surface area contributed by atoms with Crippen LogP contribution in [0.4, 0.5) is 0 Å². The Kier molecular flexibility index (Phi) is 3.50. The number of fused-ring (bicyclic) bond motifs is 9. The summed E-state index contributed by atoms with van der Waals surface area (Å²) in [7, 11) is 0. The average Bonchev–Trinajstić information content (AvgIpc) is 3.34. The van der Waals surface area contributed by atoms with Crippen molar-refractivity contribution in [1.29, 1.82) is 0 Å². The summed E-state index contributed by atoms with van der Waals surface area (Å²) in [4.78, 5) is 24.3. The summed E-state index contributed by atoms with van der Waals surface area (Å²) >= 11 is 0. The summed E-state index contributed by atoms with van der Waals surface area (Å²) in [5.74, 6) is 5.03. The van der Waals surface area contributed by atoms with Crippen LogP contribution in [0.25, 0.3) is 0 Å². The minimum absolute atomic E-state index is 0.118. The minimum Gasteiger partial charge on any atom is -0.451 e. The fraction of sp³-hybridized carbons (Fsp3) is 0.760. The van der Waals surface area contributed by atoms with Crippen molar-refractivity contribution in [3.8, 4) is 0 Å². The molecule has 0 aromatic heterocycles. The molecule has 28 heavy (non-hydrogen) atoms. The van der Waals surface area contributed by atoms with Crippen molar-refractivity contribution >= 4 is 11.8 Å². The van der Waals surface area contributed by atoms with E-state index in [9.17, 15) is 9.59 Å². The molecule has 4 fully saturated rings. The van der Waals surface area contributed by atoms with Crippen LogP contribution in [0.1, 0.15) is 65.2 Å². The molecule has 1 aliphatic heterocycles. The van der Waals surface area contributed by atoms with Gasteiger partial charge in [0.2, 0.25) is 0 Å². The van der Waals surface area contributed by atoms with Crippen molar-refractivity contribution in [2.24, 2.45) is 46.8 Å². The molecule has 6 aliphatic rings. The van der Waals surface area contributed by atoms with Crippen LogP contribution in [0, 0.1) is 46.8 Å². The summed E-state index contributed by atoms with van der Waals surface area (Å²) in [6.07, 6.45) is 14.9. The Bertz CT molecular complexity index is 809. The van der Waals surface area contributed by atoms with Crippen molar-refractivity contribution in [1.82, 2.24) is 0 Å². The van der Waals surface area contributed by atoms with E-state index >= 15 is 0 Å². The molecule has 3 heteroatoms. The van der Waals surface area contributed by atoms with E-state index in [0.29, 0.717) is 29.5 Å². The summed E-state index contributed by atoms with van der Waals surface area (Å²) < 4.78 is 6.19. The van der Waals surface area contributed by atoms with Crippen LogP contribution in [0.2, 0.25) is 0 Å². The molecule has 3 nitrogen and oxygen atoms in total. The predicted molar refractivity (Wildman–Crippen MR) is 106 cm³/mol. The predicted octanol–water partition coefficient (Wildman–Crippen LogP) is 4.86. The second-order valence-corrected chi connectivity index (χ2v) is 10.6. The van der Waals surface area contributed by atoms with Gasteiger partial charge in [-0.15, -0.1) is 0 Å². The molecule has 4 saturated carbocycles. The Labute approximate surface area is 168 Å². The molecule has 0 bridgehead atoms. The third-order valence-electron chi connectivity index (χ3n) is 10.1. The molecule has 1 heterocycles. The Morgan fingerprint density at radius 3 is 2.75 bits per heavy atom. The molecule has 150 valence electrons. The van der Waals surface area contributed by atoms with Crippen LogP contribution in [-0.2, 0) is 14.3 Å². The highest BCUT2D eigenvalue weighted by Crippen LogP contribution is 2.79. The van der Waals surface area contributed by atoms with Crippen molar-refractivity contribution in [2.45, 2.75) is 70.8 Å². The van der Waals surface area contributed by atoms with Gasteiger partial charge in [-0.05, 0) is 86.2 Å². The van der Waals surface area contributed by atoms with Gasteiger partial charge in [0, 0.05) is 23.8 Å². The molecule has 0 N–H and O–H groups in total. The highest BCUT2D eigenvalue weighted by Gasteiger charge is 2.79. The maximum absolute atomic E-state index is 12.2. The number of allylic oxidation sites excluding steroid dienone is 1. The van der Waals surface area contributed by atoms with Crippen LogP contribution >= 0.6 is 0 Å². The number of carbonyl (C=O) groups is 2. The van der Waals surface area contributed by atoms with Crippen LogP contribution in [0.15, 0.2) is 23.8 Å². The first-order valence-electron chi connectivity index (χ1n) is 11.7. The quantitative estimate of drug-likeness (QED) is 0.643. The van der Waals surface area contributed by atoms with E-state index in [2.05, 4.69) is 19.9 Å². The van der Waals surface area contributed by atoms with Crippen LogP contribution < -0.4 is 0 Å². The molecule has 6 rings (SSSR count). The average molecular weight is 381 g/mol. The largest absolute Gasteiger partial charge is 0.451 e. The summed E-state index contributed by atoms with van der Waals surface area (Å²) in [6, 6.07) is 0. The molecule has 9 atom stereocenters. The molecule has 5 aliphatic carbocycles. The number of rotatable bonds is 2. The number of ketones is 1. The maximum atomic E-state index is 12.2. The molecule has 0 amide bonds. The first-order chi connectivity index (χ1) is 13.5. The number of esters is 1. The van der Waals surface area contributed by atoms with Crippen LogP contribution in [0.5, 0.6) is 0 Å². The lowest BCUT2D eigenvalue weighted by molar-refractivity contribution is -0.175. The Morgan fingerprint density at radius 1 is 1.18 bits per heavy atom. The number of hydrogen-bond acceptors (Lipinski definition) is 3. The van der Waals surface area contributed by atoms with Gasteiger partial charge < -0.3 is 4.74 Å². The van der Waals surface area contributed by atoms with E-state index in [1.807, 2.05) is 6.08 Å². The number of hydrogen-bond donors (Lipinski definition) is 0. The zero-order valence-electron chi connectivity index (χ0n) is 17.2. The lowest BCUT2D eigenvalue weighted by Gasteiger charge is -2.60. The standard InChI is InChI=1S/C25H32O3/c1-3-14-11-15-12-16(26)5-6-17(15)18-7-9-24(4-2)23(22(14)18)19-13-20(19)25(24)10-8-21(27)28-25/h8,10,12,14,17-20,22-23H,3-7,9,11,13H2,1-2H3/t14-,17+,18?,19+,20-,22?,23?,24+,25+/m1/s1.